The highest BCUT2D eigenvalue weighted by molar-refractivity contribution is 5.45. The van der Waals surface area contributed by atoms with Crippen LogP contribution in [0, 0.1) is 18.8 Å². The molecule has 0 heterocycles. The Morgan fingerprint density at radius 2 is 1.87 bits per heavy atom. The zero-order valence-electron chi connectivity index (χ0n) is 9.37. The topological polar surface area (TPSA) is 12.0 Å². The average Bonchev–Trinajstić information content (AvgIpc) is 2.83. The van der Waals surface area contributed by atoms with Gasteiger partial charge in [-0.25, -0.2) is 0 Å². The van der Waals surface area contributed by atoms with E-state index < -0.39 is 0 Å². The minimum Gasteiger partial charge on any atom is -0.382 e. The number of rotatable bonds is 2. The SMILES string of the molecule is Cc1ccc(N[C@@H]2C[C@H]3CC[C@H]2C3)cc1. The first kappa shape index (κ1) is 9.26. The summed E-state index contributed by atoms with van der Waals surface area (Å²) >= 11 is 0. The molecule has 2 aliphatic rings. The summed E-state index contributed by atoms with van der Waals surface area (Å²) in [4.78, 5) is 0. The van der Waals surface area contributed by atoms with Gasteiger partial charge in [0.05, 0.1) is 0 Å². The van der Waals surface area contributed by atoms with Crippen molar-refractivity contribution in [2.24, 2.45) is 11.8 Å². The van der Waals surface area contributed by atoms with Crippen molar-refractivity contribution < 1.29 is 0 Å². The molecule has 2 saturated carbocycles. The molecule has 0 aliphatic heterocycles. The normalized spacial score (nSPS) is 33.3. The fraction of sp³-hybridized carbons (Fsp3) is 0.571. The predicted molar refractivity (Wildman–Crippen MR) is 64.0 cm³/mol. The Hall–Kier alpha value is -0.980. The maximum atomic E-state index is 3.70. The van der Waals surface area contributed by atoms with Crippen LogP contribution < -0.4 is 5.32 Å². The van der Waals surface area contributed by atoms with Crippen molar-refractivity contribution in [3.05, 3.63) is 29.8 Å². The molecule has 2 aliphatic carbocycles. The van der Waals surface area contributed by atoms with Gasteiger partial charge in [-0.3, -0.25) is 0 Å². The van der Waals surface area contributed by atoms with E-state index in [1.165, 1.54) is 36.9 Å². The highest BCUT2D eigenvalue weighted by Crippen LogP contribution is 2.45. The maximum absolute atomic E-state index is 3.70. The van der Waals surface area contributed by atoms with E-state index >= 15 is 0 Å². The Bertz CT molecular complexity index is 341. The van der Waals surface area contributed by atoms with E-state index in [-0.39, 0.29) is 0 Å². The monoisotopic (exact) mass is 201 g/mol. The highest BCUT2D eigenvalue weighted by atomic mass is 14.9. The first-order valence-corrected chi connectivity index (χ1v) is 6.14. The molecule has 1 heteroatoms. The van der Waals surface area contributed by atoms with Gasteiger partial charge in [0.2, 0.25) is 0 Å². The number of hydrogen-bond donors (Lipinski definition) is 1. The van der Waals surface area contributed by atoms with Crippen molar-refractivity contribution in [2.75, 3.05) is 5.32 Å². The van der Waals surface area contributed by atoms with Gasteiger partial charge in [0.25, 0.3) is 0 Å². The van der Waals surface area contributed by atoms with Gasteiger partial charge in [0.1, 0.15) is 0 Å². The summed E-state index contributed by atoms with van der Waals surface area (Å²) < 4.78 is 0. The van der Waals surface area contributed by atoms with Gasteiger partial charge in [-0.05, 0) is 50.2 Å². The van der Waals surface area contributed by atoms with Crippen LogP contribution in [0.5, 0.6) is 0 Å². The van der Waals surface area contributed by atoms with Crippen LogP contribution in [0.4, 0.5) is 5.69 Å². The second-order valence-corrected chi connectivity index (χ2v) is 5.29. The first-order chi connectivity index (χ1) is 7.31. The Kier molecular flexibility index (Phi) is 2.19. The van der Waals surface area contributed by atoms with Gasteiger partial charge >= 0.3 is 0 Å². The van der Waals surface area contributed by atoms with E-state index in [0.717, 1.165) is 17.9 Å². The van der Waals surface area contributed by atoms with E-state index in [2.05, 4.69) is 36.5 Å². The molecule has 3 rings (SSSR count). The average molecular weight is 201 g/mol. The molecule has 1 nitrogen and oxygen atoms in total. The fourth-order valence-electron chi connectivity index (χ4n) is 3.29. The van der Waals surface area contributed by atoms with Crippen LogP contribution in [-0.4, -0.2) is 6.04 Å². The molecule has 80 valence electrons. The van der Waals surface area contributed by atoms with E-state index in [9.17, 15) is 0 Å². The summed E-state index contributed by atoms with van der Waals surface area (Å²) in [5.41, 5.74) is 2.65. The molecule has 0 unspecified atom stereocenters. The third-order valence-corrected chi connectivity index (χ3v) is 4.14. The molecule has 0 radical (unpaired) electrons. The van der Waals surface area contributed by atoms with Gasteiger partial charge in [-0.1, -0.05) is 24.1 Å². The number of anilines is 1. The molecule has 3 atom stereocenters. The Balaban J connectivity index is 1.68. The van der Waals surface area contributed by atoms with Crippen molar-refractivity contribution in [3.8, 4) is 0 Å². The van der Waals surface area contributed by atoms with Gasteiger partial charge in [0.15, 0.2) is 0 Å². The summed E-state index contributed by atoms with van der Waals surface area (Å²) in [5, 5.41) is 3.70. The quantitative estimate of drug-likeness (QED) is 0.771. The molecule has 15 heavy (non-hydrogen) atoms. The molecule has 0 spiro atoms. The van der Waals surface area contributed by atoms with Gasteiger partial charge < -0.3 is 5.32 Å². The van der Waals surface area contributed by atoms with E-state index in [1.807, 2.05) is 0 Å². The summed E-state index contributed by atoms with van der Waals surface area (Å²) in [6.07, 6.45) is 5.81. The van der Waals surface area contributed by atoms with Gasteiger partial charge in [-0.15, -0.1) is 0 Å². The standard InChI is InChI=1S/C14H19N/c1-10-2-6-13(7-3-10)15-14-9-11-4-5-12(14)8-11/h2-3,6-7,11-12,14-15H,4-5,8-9H2,1H3/t11-,12-,14+/m0/s1. The largest absolute Gasteiger partial charge is 0.382 e. The number of aryl methyl sites for hydroxylation is 1. The number of nitrogens with one attached hydrogen (secondary N) is 1. The van der Waals surface area contributed by atoms with Crippen molar-refractivity contribution in [1.29, 1.82) is 0 Å². The molecule has 1 aromatic rings. The Morgan fingerprint density at radius 3 is 2.47 bits per heavy atom. The second-order valence-electron chi connectivity index (χ2n) is 5.29. The molecule has 0 amide bonds. The smallest absolute Gasteiger partial charge is 0.0342 e. The van der Waals surface area contributed by atoms with Gasteiger partial charge in [0, 0.05) is 11.7 Å². The highest BCUT2D eigenvalue weighted by Gasteiger charge is 2.39. The lowest BCUT2D eigenvalue weighted by molar-refractivity contribution is 0.440. The second kappa shape index (κ2) is 3.55. The Morgan fingerprint density at radius 1 is 1.07 bits per heavy atom. The molecule has 2 fully saturated rings. The maximum Gasteiger partial charge on any atom is 0.0342 e. The number of benzene rings is 1. The molecular formula is C14H19N. The van der Waals surface area contributed by atoms with Crippen molar-refractivity contribution in [1.82, 2.24) is 0 Å². The van der Waals surface area contributed by atoms with Crippen molar-refractivity contribution in [3.63, 3.8) is 0 Å². The molecular weight excluding hydrogens is 182 g/mol. The summed E-state index contributed by atoms with van der Waals surface area (Å²) in [5.74, 6) is 1.98. The summed E-state index contributed by atoms with van der Waals surface area (Å²) in [6, 6.07) is 9.56. The molecule has 0 saturated heterocycles. The molecule has 0 aromatic heterocycles. The zero-order valence-corrected chi connectivity index (χ0v) is 9.37. The first-order valence-electron chi connectivity index (χ1n) is 6.14. The van der Waals surface area contributed by atoms with E-state index in [1.54, 1.807) is 0 Å². The minimum absolute atomic E-state index is 0.756. The number of hydrogen-bond acceptors (Lipinski definition) is 1. The van der Waals surface area contributed by atoms with Crippen LogP contribution in [0.25, 0.3) is 0 Å². The van der Waals surface area contributed by atoms with Crippen LogP contribution in [0.15, 0.2) is 24.3 Å². The third-order valence-electron chi connectivity index (χ3n) is 4.14. The van der Waals surface area contributed by atoms with Crippen molar-refractivity contribution in [2.45, 2.75) is 38.6 Å². The van der Waals surface area contributed by atoms with Crippen LogP contribution in [0.3, 0.4) is 0 Å². The lowest BCUT2D eigenvalue weighted by Gasteiger charge is -2.24. The Labute approximate surface area is 91.9 Å². The summed E-state index contributed by atoms with van der Waals surface area (Å²) in [6.45, 7) is 2.14. The number of fused-ring (bicyclic) bond motifs is 2. The zero-order chi connectivity index (χ0) is 10.3. The molecule has 2 bridgehead atoms. The molecule has 1 N–H and O–H groups in total. The van der Waals surface area contributed by atoms with Gasteiger partial charge in [-0.2, -0.15) is 0 Å². The van der Waals surface area contributed by atoms with Crippen molar-refractivity contribution >= 4 is 5.69 Å². The van der Waals surface area contributed by atoms with Crippen LogP contribution in [-0.2, 0) is 0 Å². The third kappa shape index (κ3) is 1.75. The lowest BCUT2D eigenvalue weighted by Crippen LogP contribution is -2.25. The summed E-state index contributed by atoms with van der Waals surface area (Å²) in [7, 11) is 0. The van der Waals surface area contributed by atoms with Crippen LogP contribution >= 0.6 is 0 Å². The minimum atomic E-state index is 0.756. The van der Waals surface area contributed by atoms with Crippen LogP contribution in [0.1, 0.15) is 31.2 Å². The fourth-order valence-corrected chi connectivity index (χ4v) is 3.29. The molecule has 1 aromatic carbocycles. The van der Waals surface area contributed by atoms with E-state index in [4.69, 9.17) is 0 Å². The van der Waals surface area contributed by atoms with E-state index in [0.29, 0.717) is 0 Å². The predicted octanol–water partition coefficient (Wildman–Crippen LogP) is 3.60. The van der Waals surface area contributed by atoms with Crippen LogP contribution in [0.2, 0.25) is 0 Å². The lowest BCUT2D eigenvalue weighted by atomic mass is 9.95.